The maximum absolute atomic E-state index is 12.8. The molecule has 1 aromatic heterocycles. The van der Waals surface area contributed by atoms with Crippen LogP contribution in [-0.4, -0.2) is 11.3 Å². The minimum atomic E-state index is -5.44. The van der Waals surface area contributed by atoms with Gasteiger partial charge < -0.3 is 4.74 Å². The van der Waals surface area contributed by atoms with Gasteiger partial charge in [0.2, 0.25) is 5.88 Å². The van der Waals surface area contributed by atoms with Gasteiger partial charge in [0.15, 0.2) is 0 Å². The topological polar surface area (TPSA) is 22.1 Å². The molecule has 0 N–H and O–H groups in total. The number of hydrogen-bond acceptors (Lipinski definition) is 2. The lowest BCUT2D eigenvalue weighted by Gasteiger charge is -2.19. The van der Waals surface area contributed by atoms with Gasteiger partial charge in [0.25, 0.3) is 6.43 Å². The van der Waals surface area contributed by atoms with Crippen LogP contribution in [0.15, 0.2) is 6.20 Å². The van der Waals surface area contributed by atoms with Crippen molar-refractivity contribution < 1.29 is 39.9 Å². The van der Waals surface area contributed by atoms with Gasteiger partial charge in [-0.05, 0) is 5.56 Å². The van der Waals surface area contributed by atoms with Gasteiger partial charge in [0.1, 0.15) is 0 Å². The number of ether oxygens (including phenoxy) is 1. The van der Waals surface area contributed by atoms with E-state index in [9.17, 15) is 35.1 Å². The Hall–Kier alpha value is -1.13. The van der Waals surface area contributed by atoms with E-state index in [1.165, 1.54) is 0 Å². The van der Waals surface area contributed by atoms with Crippen molar-refractivity contribution in [3.8, 4) is 5.88 Å². The highest BCUT2D eigenvalue weighted by Gasteiger charge is 2.43. The zero-order valence-corrected chi connectivity index (χ0v) is 10.7. The highest BCUT2D eigenvalue weighted by molar-refractivity contribution is 9.08. The van der Waals surface area contributed by atoms with Crippen LogP contribution in [0.1, 0.15) is 23.1 Å². The first-order valence-electron chi connectivity index (χ1n) is 4.66. The number of pyridine rings is 1. The minimum absolute atomic E-state index is 0.393. The molecule has 1 rings (SSSR count). The summed E-state index contributed by atoms with van der Waals surface area (Å²) in [6.45, 7) is 0. The Morgan fingerprint density at radius 2 is 1.70 bits per heavy atom. The van der Waals surface area contributed by atoms with Crippen LogP contribution in [0.2, 0.25) is 0 Å². The molecule has 0 bridgehead atoms. The fourth-order valence-electron chi connectivity index (χ4n) is 1.38. The molecule has 0 amide bonds. The van der Waals surface area contributed by atoms with Gasteiger partial charge in [0.05, 0.1) is 11.1 Å². The van der Waals surface area contributed by atoms with E-state index >= 15 is 0 Å². The predicted molar refractivity (Wildman–Crippen MR) is 53.5 cm³/mol. The first-order valence-corrected chi connectivity index (χ1v) is 5.78. The summed E-state index contributed by atoms with van der Waals surface area (Å²) in [5.41, 5.74) is -4.55. The van der Waals surface area contributed by atoms with Crippen LogP contribution in [-0.2, 0) is 11.5 Å². The molecular weight excluding hydrogens is 370 g/mol. The third-order valence-corrected chi connectivity index (χ3v) is 2.62. The lowest BCUT2D eigenvalue weighted by atomic mass is 10.0. The Kier molecular flexibility index (Phi) is 4.82. The van der Waals surface area contributed by atoms with E-state index in [1.54, 1.807) is 0 Å². The maximum Gasteiger partial charge on any atom is 0.574 e. The predicted octanol–water partition coefficient (Wildman–Crippen LogP) is 4.83. The van der Waals surface area contributed by atoms with Gasteiger partial charge in [-0.2, -0.15) is 13.2 Å². The minimum Gasteiger partial charge on any atom is -0.387 e. The summed E-state index contributed by atoms with van der Waals surface area (Å²) < 4.78 is 103. The third-order valence-electron chi connectivity index (χ3n) is 2.02. The molecule has 0 spiro atoms. The van der Waals surface area contributed by atoms with Crippen LogP contribution in [0.4, 0.5) is 35.1 Å². The molecule has 0 aliphatic rings. The Labute approximate surface area is 114 Å². The van der Waals surface area contributed by atoms with E-state index in [2.05, 4.69) is 25.7 Å². The monoisotopic (exact) mass is 373 g/mol. The van der Waals surface area contributed by atoms with Crippen molar-refractivity contribution in [1.29, 1.82) is 0 Å². The zero-order valence-electron chi connectivity index (χ0n) is 9.12. The fraction of sp³-hybridized carbons (Fsp3) is 0.444. The van der Waals surface area contributed by atoms with Crippen molar-refractivity contribution >= 4 is 15.9 Å². The standard InChI is InChI=1S/C9H4BrF8NO/c10-1-3-2-19-7(20-9(16,17)18)4(6(11)12)5(3)8(13,14)15/h2,6H,1H2. The summed E-state index contributed by atoms with van der Waals surface area (Å²) in [6.07, 6.45) is -14.2. The van der Waals surface area contributed by atoms with Crippen LogP contribution in [0.3, 0.4) is 0 Å². The normalized spacial score (nSPS) is 12.9. The smallest absolute Gasteiger partial charge is 0.387 e. The molecule has 0 fully saturated rings. The summed E-state index contributed by atoms with van der Waals surface area (Å²) in [4.78, 5) is 2.88. The first-order chi connectivity index (χ1) is 8.97. The van der Waals surface area contributed by atoms with Crippen LogP contribution in [0, 0.1) is 0 Å². The number of rotatable bonds is 3. The van der Waals surface area contributed by atoms with Crippen molar-refractivity contribution in [2.75, 3.05) is 0 Å². The molecule has 0 aliphatic heterocycles. The molecule has 0 aliphatic carbocycles. The highest BCUT2D eigenvalue weighted by Crippen LogP contribution is 2.43. The summed E-state index contributed by atoms with van der Waals surface area (Å²) in [7, 11) is 0. The van der Waals surface area contributed by atoms with Gasteiger partial charge in [-0.1, -0.05) is 15.9 Å². The molecule has 0 saturated carbocycles. The summed E-state index contributed by atoms with van der Waals surface area (Å²) >= 11 is 2.62. The largest absolute Gasteiger partial charge is 0.574 e. The molecule has 2 nitrogen and oxygen atoms in total. The van der Waals surface area contributed by atoms with Crippen LogP contribution in [0.5, 0.6) is 5.88 Å². The van der Waals surface area contributed by atoms with Crippen molar-refractivity contribution in [1.82, 2.24) is 4.98 Å². The second-order valence-electron chi connectivity index (χ2n) is 3.36. The van der Waals surface area contributed by atoms with Gasteiger partial charge in [0, 0.05) is 11.5 Å². The molecule has 0 aromatic carbocycles. The van der Waals surface area contributed by atoms with E-state index < -0.39 is 46.9 Å². The lowest BCUT2D eigenvalue weighted by Crippen LogP contribution is -2.22. The molecule has 0 radical (unpaired) electrons. The van der Waals surface area contributed by atoms with Crippen LogP contribution in [0.25, 0.3) is 0 Å². The Balaban J connectivity index is 3.57. The lowest BCUT2D eigenvalue weighted by molar-refractivity contribution is -0.277. The second kappa shape index (κ2) is 5.70. The van der Waals surface area contributed by atoms with E-state index in [0.717, 1.165) is 0 Å². The highest BCUT2D eigenvalue weighted by atomic mass is 79.9. The van der Waals surface area contributed by atoms with Gasteiger partial charge in [-0.3, -0.25) is 0 Å². The summed E-state index contributed by atoms with van der Waals surface area (Å²) in [5, 5.41) is -0.513. The van der Waals surface area contributed by atoms with Crippen molar-refractivity contribution in [3.05, 3.63) is 22.9 Å². The number of aromatic nitrogens is 1. The van der Waals surface area contributed by atoms with Crippen LogP contribution >= 0.6 is 15.9 Å². The van der Waals surface area contributed by atoms with E-state index in [4.69, 9.17) is 0 Å². The van der Waals surface area contributed by atoms with Gasteiger partial charge >= 0.3 is 12.5 Å². The summed E-state index contributed by atoms with van der Waals surface area (Å²) in [5.74, 6) is -1.82. The average Bonchev–Trinajstić information content (AvgIpc) is 2.24. The number of nitrogens with zero attached hydrogens (tertiary/aromatic N) is 1. The summed E-state index contributed by atoms with van der Waals surface area (Å²) in [6, 6.07) is 0. The number of hydrogen-bond donors (Lipinski definition) is 0. The fourth-order valence-corrected chi connectivity index (χ4v) is 1.81. The van der Waals surface area contributed by atoms with Gasteiger partial charge in [-0.25, -0.2) is 13.8 Å². The maximum atomic E-state index is 12.8. The van der Waals surface area contributed by atoms with Crippen molar-refractivity contribution in [2.24, 2.45) is 0 Å². The number of halogens is 9. The molecule has 0 unspecified atom stereocenters. The molecule has 1 aromatic rings. The Bertz CT molecular complexity index is 484. The molecule has 1 heterocycles. The molecule has 0 atom stereocenters. The first kappa shape index (κ1) is 16.9. The SMILES string of the molecule is FC(F)c1c(OC(F)(F)F)ncc(CBr)c1C(F)(F)F. The number of alkyl halides is 9. The molecular formula is C9H4BrF8NO. The third kappa shape index (κ3) is 3.93. The molecule has 11 heteroatoms. The molecule has 114 valence electrons. The van der Waals surface area contributed by atoms with Gasteiger partial charge in [-0.15, -0.1) is 13.2 Å². The average molecular weight is 374 g/mol. The van der Waals surface area contributed by atoms with Crippen molar-refractivity contribution in [3.63, 3.8) is 0 Å². The second-order valence-corrected chi connectivity index (χ2v) is 3.92. The van der Waals surface area contributed by atoms with E-state index in [0.29, 0.717) is 6.20 Å². The van der Waals surface area contributed by atoms with Crippen molar-refractivity contribution in [2.45, 2.75) is 24.3 Å². The zero-order chi connectivity index (χ0) is 15.7. The quantitative estimate of drug-likeness (QED) is 0.559. The molecule has 20 heavy (non-hydrogen) atoms. The Morgan fingerprint density at radius 3 is 2.05 bits per heavy atom. The van der Waals surface area contributed by atoms with Crippen LogP contribution < -0.4 is 4.74 Å². The Morgan fingerprint density at radius 1 is 1.15 bits per heavy atom. The van der Waals surface area contributed by atoms with E-state index in [-0.39, 0.29) is 0 Å². The molecule has 0 saturated heterocycles. The van der Waals surface area contributed by atoms with E-state index in [1.807, 2.05) is 0 Å².